The molecule has 3 aromatic carbocycles. The van der Waals surface area contributed by atoms with E-state index in [1.54, 1.807) is 0 Å². The van der Waals surface area contributed by atoms with Crippen molar-refractivity contribution in [2.45, 2.75) is 18.3 Å². The summed E-state index contributed by atoms with van der Waals surface area (Å²) < 4.78 is 19.5. The van der Waals surface area contributed by atoms with Gasteiger partial charge in [-0.3, -0.25) is 0 Å². The van der Waals surface area contributed by atoms with Crippen molar-refractivity contribution in [1.82, 2.24) is 15.3 Å². The molecule has 3 fully saturated rings. The Morgan fingerprint density at radius 3 is 1.67 bits per heavy atom. The van der Waals surface area contributed by atoms with Crippen LogP contribution in [0, 0.1) is 5.82 Å². The van der Waals surface area contributed by atoms with E-state index in [-0.39, 0.29) is 11.2 Å². The fourth-order valence-electron chi connectivity index (χ4n) is 7.00. The zero-order chi connectivity index (χ0) is 32.8. The van der Waals surface area contributed by atoms with Crippen molar-refractivity contribution >= 4 is 46.3 Å². The second kappa shape index (κ2) is 14.7. The highest BCUT2D eigenvalue weighted by Crippen LogP contribution is 2.34. The van der Waals surface area contributed by atoms with Gasteiger partial charge in [0, 0.05) is 95.0 Å². The monoisotopic (exact) mass is 666 g/mol. The first-order valence-electron chi connectivity index (χ1n) is 16.9. The van der Waals surface area contributed by atoms with Crippen LogP contribution in [0.3, 0.4) is 0 Å². The first kappa shape index (κ1) is 32.1. The number of aromatic nitrogens is 2. The Labute approximate surface area is 287 Å². The van der Waals surface area contributed by atoms with Crippen molar-refractivity contribution in [2.24, 2.45) is 0 Å². The van der Waals surface area contributed by atoms with Gasteiger partial charge in [0.25, 0.3) is 0 Å². The lowest BCUT2D eigenvalue weighted by molar-refractivity contribution is 0.0515. The first-order valence-corrected chi connectivity index (χ1v) is 17.3. The predicted molar refractivity (Wildman–Crippen MR) is 196 cm³/mol. The average molecular weight is 667 g/mol. The zero-order valence-electron chi connectivity index (χ0n) is 27.2. The van der Waals surface area contributed by atoms with E-state index in [4.69, 9.17) is 26.9 Å². The van der Waals surface area contributed by atoms with Crippen molar-refractivity contribution in [2.75, 3.05) is 97.0 Å². The number of ether oxygens (including phenoxy) is 1. The number of nitrogens with zero attached hydrogens (tertiary/aromatic N) is 6. The summed E-state index contributed by atoms with van der Waals surface area (Å²) in [7, 11) is 0. The van der Waals surface area contributed by atoms with Gasteiger partial charge in [0.05, 0.1) is 0 Å². The van der Waals surface area contributed by atoms with E-state index >= 15 is 0 Å². The summed E-state index contributed by atoms with van der Waals surface area (Å²) in [6, 6.07) is 30.1. The number of thiocarbonyl (C=S) groups is 1. The number of para-hydroxylation sites is 2. The summed E-state index contributed by atoms with van der Waals surface area (Å²) in [5, 5.41) is 7.24. The molecule has 3 aliphatic rings. The molecule has 4 heterocycles. The van der Waals surface area contributed by atoms with Gasteiger partial charge in [-0.2, -0.15) is 9.97 Å². The molecule has 11 heteroatoms. The van der Waals surface area contributed by atoms with E-state index in [2.05, 4.69) is 97.0 Å². The standard InChI is InChI=1S/C37H43FN8OS/c38-30-13-11-29(12-14-30)37(15-25-47-26-16-37)28-39-36(48)42-35-40-33(45-21-17-43(18-22-45)31-7-3-1-4-8-31)27-34(41-35)46-23-19-44(20-24-46)32-9-5-2-6-10-32/h1-14,27H,15-26,28H2,(H2,39,40,41,42,48). The van der Waals surface area contributed by atoms with Gasteiger partial charge in [-0.15, -0.1) is 0 Å². The molecule has 0 unspecified atom stereocenters. The number of hydrogen-bond donors (Lipinski definition) is 2. The van der Waals surface area contributed by atoms with Crippen LogP contribution in [0.15, 0.2) is 91.0 Å². The summed E-state index contributed by atoms with van der Waals surface area (Å²) >= 11 is 5.83. The fourth-order valence-corrected chi connectivity index (χ4v) is 7.16. The Morgan fingerprint density at radius 1 is 0.688 bits per heavy atom. The summed E-state index contributed by atoms with van der Waals surface area (Å²) in [5.41, 5.74) is 3.38. The minimum atomic E-state index is -0.234. The lowest BCUT2D eigenvalue weighted by atomic mass is 9.74. The fraction of sp³-hybridized carbons (Fsp3) is 0.378. The lowest BCUT2D eigenvalue weighted by Crippen LogP contribution is -2.48. The Bertz CT molecular complexity index is 1560. The summed E-state index contributed by atoms with van der Waals surface area (Å²) in [5.74, 6) is 2.05. The number of rotatable bonds is 8. The molecule has 0 amide bonds. The van der Waals surface area contributed by atoms with Gasteiger partial charge in [0.1, 0.15) is 17.5 Å². The van der Waals surface area contributed by atoms with Crippen molar-refractivity contribution in [3.8, 4) is 0 Å². The van der Waals surface area contributed by atoms with Crippen LogP contribution in [0.5, 0.6) is 0 Å². The molecule has 250 valence electrons. The molecule has 3 aliphatic heterocycles. The lowest BCUT2D eigenvalue weighted by Gasteiger charge is -2.39. The Kier molecular flexibility index (Phi) is 9.85. The number of nitrogens with one attached hydrogen (secondary N) is 2. The van der Waals surface area contributed by atoms with Gasteiger partial charge >= 0.3 is 0 Å². The van der Waals surface area contributed by atoms with Crippen LogP contribution in [0.1, 0.15) is 18.4 Å². The maximum atomic E-state index is 13.8. The van der Waals surface area contributed by atoms with E-state index in [1.807, 2.05) is 12.1 Å². The van der Waals surface area contributed by atoms with Crippen LogP contribution in [0.25, 0.3) is 0 Å². The van der Waals surface area contributed by atoms with E-state index in [0.29, 0.717) is 30.8 Å². The van der Waals surface area contributed by atoms with Crippen molar-refractivity contribution in [3.05, 3.63) is 102 Å². The van der Waals surface area contributed by atoms with E-state index in [9.17, 15) is 4.39 Å². The molecule has 1 aromatic heterocycles. The molecule has 0 radical (unpaired) electrons. The van der Waals surface area contributed by atoms with Gasteiger partial charge in [-0.1, -0.05) is 48.5 Å². The van der Waals surface area contributed by atoms with Crippen molar-refractivity contribution in [1.29, 1.82) is 0 Å². The van der Waals surface area contributed by atoms with Crippen LogP contribution < -0.4 is 30.2 Å². The highest BCUT2D eigenvalue weighted by atomic mass is 32.1. The molecule has 9 nitrogen and oxygen atoms in total. The van der Waals surface area contributed by atoms with E-state index in [0.717, 1.165) is 82.4 Å². The molecule has 7 rings (SSSR count). The quantitative estimate of drug-likeness (QED) is 0.242. The van der Waals surface area contributed by atoms with Crippen LogP contribution in [-0.2, 0) is 10.2 Å². The SMILES string of the molecule is Fc1ccc(C2(CNC(=S)Nc3nc(N4CCN(c5ccccc5)CC4)cc(N4CCN(c5ccccc5)CC4)n3)CCOCC2)cc1. The minimum Gasteiger partial charge on any atom is -0.381 e. The largest absolute Gasteiger partial charge is 0.381 e. The molecule has 0 aliphatic carbocycles. The molecular weight excluding hydrogens is 624 g/mol. The first-order chi connectivity index (χ1) is 23.5. The van der Waals surface area contributed by atoms with Gasteiger partial charge in [-0.25, -0.2) is 4.39 Å². The minimum absolute atomic E-state index is 0.206. The smallest absolute Gasteiger partial charge is 0.232 e. The van der Waals surface area contributed by atoms with E-state index in [1.165, 1.54) is 23.5 Å². The molecule has 4 aromatic rings. The Balaban J connectivity index is 1.07. The molecule has 3 saturated heterocycles. The second-order valence-corrected chi connectivity index (χ2v) is 13.1. The van der Waals surface area contributed by atoms with Gasteiger partial charge in [0.15, 0.2) is 5.11 Å². The molecule has 2 N–H and O–H groups in total. The van der Waals surface area contributed by atoms with Crippen molar-refractivity contribution in [3.63, 3.8) is 0 Å². The summed E-state index contributed by atoms with van der Waals surface area (Å²) in [6.45, 7) is 9.00. The number of hydrogen-bond acceptors (Lipinski definition) is 8. The van der Waals surface area contributed by atoms with Gasteiger partial charge in [0.2, 0.25) is 5.95 Å². The molecular formula is C37H43FN8OS. The molecule has 0 saturated carbocycles. The van der Waals surface area contributed by atoms with Gasteiger partial charge < -0.3 is 35.0 Å². The van der Waals surface area contributed by atoms with E-state index < -0.39 is 0 Å². The summed E-state index contributed by atoms with van der Waals surface area (Å²) in [6.07, 6.45) is 1.66. The number of anilines is 5. The number of halogens is 1. The molecule has 0 spiro atoms. The third-order valence-electron chi connectivity index (χ3n) is 9.87. The summed E-state index contributed by atoms with van der Waals surface area (Å²) in [4.78, 5) is 19.5. The predicted octanol–water partition coefficient (Wildman–Crippen LogP) is 5.30. The molecule has 0 atom stereocenters. The third-order valence-corrected chi connectivity index (χ3v) is 10.1. The Morgan fingerprint density at radius 2 is 1.17 bits per heavy atom. The third kappa shape index (κ3) is 7.47. The zero-order valence-corrected chi connectivity index (χ0v) is 28.0. The normalized spacial score (nSPS) is 18.0. The number of benzene rings is 3. The second-order valence-electron chi connectivity index (χ2n) is 12.7. The average Bonchev–Trinajstić information content (AvgIpc) is 3.15. The van der Waals surface area contributed by atoms with Crippen LogP contribution in [-0.4, -0.2) is 87.2 Å². The van der Waals surface area contributed by atoms with Crippen molar-refractivity contribution < 1.29 is 9.13 Å². The molecule has 48 heavy (non-hydrogen) atoms. The maximum Gasteiger partial charge on any atom is 0.232 e. The number of piperazine rings is 2. The Hall–Kier alpha value is -4.48. The topological polar surface area (TPSA) is 72.0 Å². The van der Waals surface area contributed by atoms with Gasteiger partial charge in [-0.05, 0) is 67.0 Å². The highest BCUT2D eigenvalue weighted by Gasteiger charge is 2.35. The van der Waals surface area contributed by atoms with Crippen LogP contribution in [0.4, 0.5) is 33.3 Å². The molecule has 0 bridgehead atoms. The van der Waals surface area contributed by atoms with Crippen LogP contribution >= 0.6 is 12.2 Å². The maximum absolute atomic E-state index is 13.8. The van der Waals surface area contributed by atoms with Crippen LogP contribution in [0.2, 0.25) is 0 Å². The highest BCUT2D eigenvalue weighted by molar-refractivity contribution is 7.80.